The zero-order valence-electron chi connectivity index (χ0n) is 12.2. The van der Waals surface area contributed by atoms with Gasteiger partial charge >= 0.3 is 0 Å². The molecule has 1 rings (SSSR count). The minimum atomic E-state index is -3.78. The van der Waals surface area contributed by atoms with Crippen molar-refractivity contribution in [3.8, 4) is 0 Å². The summed E-state index contributed by atoms with van der Waals surface area (Å²) in [5.41, 5.74) is 6.57. The second-order valence-electron chi connectivity index (χ2n) is 4.56. The SMILES string of the molecule is CCNC(=O)CN(C)S(=O)(=O)c1cc(C(N)=S)ccc1C. The summed E-state index contributed by atoms with van der Waals surface area (Å²) in [6.45, 7) is 3.65. The number of carbonyl (C=O) groups excluding carboxylic acids is 1. The van der Waals surface area contributed by atoms with Gasteiger partial charge in [0.25, 0.3) is 0 Å². The number of carbonyl (C=O) groups is 1. The van der Waals surface area contributed by atoms with Crippen molar-refractivity contribution in [2.75, 3.05) is 20.1 Å². The van der Waals surface area contributed by atoms with Gasteiger partial charge in [-0.1, -0.05) is 24.4 Å². The van der Waals surface area contributed by atoms with Crippen molar-refractivity contribution in [1.82, 2.24) is 9.62 Å². The lowest BCUT2D eigenvalue weighted by Gasteiger charge is -2.18. The Bertz CT molecular complexity index is 657. The Morgan fingerprint density at radius 1 is 1.43 bits per heavy atom. The lowest BCUT2D eigenvalue weighted by Crippen LogP contribution is -2.38. The normalized spacial score (nSPS) is 11.4. The largest absolute Gasteiger partial charge is 0.389 e. The number of amides is 1. The van der Waals surface area contributed by atoms with Crippen molar-refractivity contribution in [3.63, 3.8) is 0 Å². The number of sulfonamides is 1. The van der Waals surface area contributed by atoms with Gasteiger partial charge in [0.05, 0.1) is 11.4 Å². The van der Waals surface area contributed by atoms with Gasteiger partial charge < -0.3 is 11.1 Å². The van der Waals surface area contributed by atoms with Crippen LogP contribution in [0.15, 0.2) is 23.1 Å². The molecule has 21 heavy (non-hydrogen) atoms. The Hall–Kier alpha value is -1.51. The van der Waals surface area contributed by atoms with Crippen molar-refractivity contribution in [2.24, 2.45) is 5.73 Å². The van der Waals surface area contributed by atoms with Crippen LogP contribution in [-0.2, 0) is 14.8 Å². The molecule has 0 radical (unpaired) electrons. The summed E-state index contributed by atoms with van der Waals surface area (Å²) >= 11 is 4.86. The topological polar surface area (TPSA) is 92.5 Å². The molecule has 1 aromatic carbocycles. The van der Waals surface area contributed by atoms with Crippen LogP contribution in [0, 0.1) is 6.92 Å². The summed E-state index contributed by atoms with van der Waals surface area (Å²) in [5, 5.41) is 2.56. The Morgan fingerprint density at radius 2 is 2.05 bits per heavy atom. The number of thiocarbonyl (C=S) groups is 1. The maximum absolute atomic E-state index is 12.5. The fraction of sp³-hybridized carbons (Fsp3) is 0.385. The van der Waals surface area contributed by atoms with E-state index in [2.05, 4.69) is 5.32 Å². The van der Waals surface area contributed by atoms with Crippen LogP contribution in [0.3, 0.4) is 0 Å². The van der Waals surface area contributed by atoms with Gasteiger partial charge in [-0.3, -0.25) is 4.79 Å². The van der Waals surface area contributed by atoms with Gasteiger partial charge in [0.15, 0.2) is 0 Å². The molecule has 0 aromatic heterocycles. The monoisotopic (exact) mass is 329 g/mol. The molecule has 0 aliphatic rings. The smallest absolute Gasteiger partial charge is 0.243 e. The fourth-order valence-electron chi connectivity index (χ4n) is 1.74. The molecule has 0 fully saturated rings. The summed E-state index contributed by atoms with van der Waals surface area (Å²) < 4.78 is 26.1. The molecule has 6 nitrogen and oxygen atoms in total. The Kier molecular flexibility index (Phi) is 5.82. The summed E-state index contributed by atoms with van der Waals surface area (Å²) in [5.74, 6) is -0.355. The van der Waals surface area contributed by atoms with E-state index in [-0.39, 0.29) is 22.3 Å². The highest BCUT2D eigenvalue weighted by atomic mass is 32.2. The number of nitrogens with zero attached hydrogens (tertiary/aromatic N) is 1. The van der Waals surface area contributed by atoms with E-state index in [1.54, 1.807) is 26.0 Å². The number of nitrogens with one attached hydrogen (secondary N) is 1. The van der Waals surface area contributed by atoms with Gasteiger partial charge in [-0.25, -0.2) is 8.42 Å². The van der Waals surface area contributed by atoms with Crippen LogP contribution in [-0.4, -0.2) is 43.8 Å². The summed E-state index contributed by atoms with van der Waals surface area (Å²) in [7, 11) is -2.42. The van der Waals surface area contributed by atoms with Crippen molar-refractivity contribution in [3.05, 3.63) is 29.3 Å². The number of nitrogens with two attached hydrogens (primary N) is 1. The van der Waals surface area contributed by atoms with Gasteiger partial charge in [0.1, 0.15) is 4.99 Å². The Morgan fingerprint density at radius 3 is 2.57 bits per heavy atom. The molecule has 0 atom stereocenters. The molecule has 0 saturated heterocycles. The van der Waals surface area contributed by atoms with E-state index in [4.69, 9.17) is 18.0 Å². The standard InChI is InChI=1S/C13H19N3O3S2/c1-4-15-12(17)8-16(3)21(18,19)11-7-10(13(14)20)6-5-9(11)2/h5-7H,4,8H2,1-3H3,(H2,14,20)(H,15,17). The van der Waals surface area contributed by atoms with Crippen molar-refractivity contribution >= 4 is 33.1 Å². The number of hydrogen-bond donors (Lipinski definition) is 2. The molecule has 0 saturated carbocycles. The summed E-state index contributed by atoms with van der Waals surface area (Å²) in [6.07, 6.45) is 0. The molecule has 0 heterocycles. The molecular weight excluding hydrogens is 310 g/mol. The van der Waals surface area contributed by atoms with Gasteiger partial charge in [0, 0.05) is 19.2 Å². The second kappa shape index (κ2) is 6.97. The van der Waals surface area contributed by atoms with Crippen molar-refractivity contribution < 1.29 is 13.2 Å². The van der Waals surface area contributed by atoms with E-state index in [9.17, 15) is 13.2 Å². The number of aryl methyl sites for hydroxylation is 1. The van der Waals surface area contributed by atoms with E-state index in [0.29, 0.717) is 17.7 Å². The molecule has 0 aliphatic carbocycles. The third kappa shape index (κ3) is 4.23. The molecule has 1 aromatic rings. The van der Waals surface area contributed by atoms with Crippen LogP contribution >= 0.6 is 12.2 Å². The van der Waals surface area contributed by atoms with Crippen molar-refractivity contribution in [2.45, 2.75) is 18.7 Å². The molecule has 0 unspecified atom stereocenters. The quantitative estimate of drug-likeness (QED) is 0.736. The van der Waals surface area contributed by atoms with E-state index >= 15 is 0 Å². The van der Waals surface area contributed by atoms with Crippen LogP contribution in [0.5, 0.6) is 0 Å². The molecule has 116 valence electrons. The van der Waals surface area contributed by atoms with Gasteiger partial charge in [-0.2, -0.15) is 4.31 Å². The first-order valence-electron chi connectivity index (χ1n) is 6.33. The first-order chi connectivity index (χ1) is 9.70. The van der Waals surface area contributed by atoms with Crippen LogP contribution in [0.2, 0.25) is 0 Å². The number of benzene rings is 1. The van der Waals surface area contributed by atoms with Crippen LogP contribution in [0.4, 0.5) is 0 Å². The third-order valence-electron chi connectivity index (χ3n) is 2.90. The molecule has 3 N–H and O–H groups in total. The fourth-order valence-corrected chi connectivity index (χ4v) is 3.24. The Balaban J connectivity index is 3.15. The van der Waals surface area contributed by atoms with E-state index in [1.165, 1.54) is 13.1 Å². The Labute approximate surface area is 130 Å². The van der Waals surface area contributed by atoms with Crippen molar-refractivity contribution in [1.29, 1.82) is 0 Å². The van der Waals surface area contributed by atoms with Gasteiger partial charge in [-0.05, 0) is 25.5 Å². The average molecular weight is 329 g/mol. The lowest BCUT2D eigenvalue weighted by molar-refractivity contribution is -0.121. The predicted octanol–water partition coefficient (Wildman–Crippen LogP) is 0.386. The lowest BCUT2D eigenvalue weighted by atomic mass is 10.1. The summed E-state index contributed by atoms with van der Waals surface area (Å²) in [4.78, 5) is 11.8. The maximum atomic E-state index is 12.5. The van der Waals surface area contributed by atoms with Crippen LogP contribution in [0.25, 0.3) is 0 Å². The van der Waals surface area contributed by atoms with E-state index in [1.807, 2.05) is 0 Å². The van der Waals surface area contributed by atoms with Crippen LogP contribution in [0.1, 0.15) is 18.1 Å². The molecular formula is C13H19N3O3S2. The number of rotatable bonds is 6. The molecule has 8 heteroatoms. The van der Waals surface area contributed by atoms with Crippen LogP contribution < -0.4 is 11.1 Å². The van der Waals surface area contributed by atoms with E-state index < -0.39 is 10.0 Å². The highest BCUT2D eigenvalue weighted by Crippen LogP contribution is 2.20. The average Bonchev–Trinajstić information content (AvgIpc) is 2.38. The summed E-state index contributed by atoms with van der Waals surface area (Å²) in [6, 6.07) is 4.74. The zero-order chi connectivity index (χ0) is 16.2. The zero-order valence-corrected chi connectivity index (χ0v) is 13.8. The number of likely N-dealkylation sites (N-methyl/N-ethyl adjacent to an activating group) is 2. The molecule has 0 bridgehead atoms. The first kappa shape index (κ1) is 17.5. The third-order valence-corrected chi connectivity index (χ3v) is 5.08. The van der Waals surface area contributed by atoms with Gasteiger partial charge in [-0.15, -0.1) is 0 Å². The van der Waals surface area contributed by atoms with E-state index in [0.717, 1.165) is 4.31 Å². The first-order valence-corrected chi connectivity index (χ1v) is 8.18. The van der Waals surface area contributed by atoms with Gasteiger partial charge in [0.2, 0.25) is 15.9 Å². The molecule has 0 aliphatic heterocycles. The molecule has 0 spiro atoms. The highest BCUT2D eigenvalue weighted by Gasteiger charge is 2.25. The maximum Gasteiger partial charge on any atom is 0.243 e. The highest BCUT2D eigenvalue weighted by molar-refractivity contribution is 7.89. The minimum absolute atomic E-state index is 0.0969. The predicted molar refractivity (Wildman–Crippen MR) is 85.6 cm³/mol. The second-order valence-corrected chi connectivity index (χ2v) is 7.01. The number of hydrogen-bond acceptors (Lipinski definition) is 4. The molecule has 1 amide bonds. The minimum Gasteiger partial charge on any atom is -0.389 e.